The molecule has 0 aromatic heterocycles. The third-order valence-electron chi connectivity index (χ3n) is 3.40. The van der Waals surface area contributed by atoms with E-state index >= 15 is 0 Å². The van der Waals surface area contributed by atoms with Crippen molar-refractivity contribution in [3.8, 4) is 5.75 Å². The summed E-state index contributed by atoms with van der Waals surface area (Å²) in [5, 5.41) is 13.5. The third kappa shape index (κ3) is 4.19. The highest BCUT2D eigenvalue weighted by atomic mass is 16.5. The summed E-state index contributed by atoms with van der Waals surface area (Å²) in [6.45, 7) is 3.36. The Morgan fingerprint density at radius 2 is 2.38 bits per heavy atom. The fraction of sp³-hybridized carbons (Fsp3) is 0.467. The van der Waals surface area contributed by atoms with Gasteiger partial charge < -0.3 is 21.1 Å². The van der Waals surface area contributed by atoms with Crippen LogP contribution in [0, 0.1) is 5.41 Å². The molecule has 1 fully saturated rings. The van der Waals surface area contributed by atoms with Crippen molar-refractivity contribution in [3.05, 3.63) is 29.8 Å². The molecule has 0 spiro atoms. The predicted molar refractivity (Wildman–Crippen MR) is 81.6 cm³/mol. The van der Waals surface area contributed by atoms with Crippen LogP contribution in [0.15, 0.2) is 24.3 Å². The summed E-state index contributed by atoms with van der Waals surface area (Å²) in [7, 11) is 0. The van der Waals surface area contributed by atoms with Gasteiger partial charge in [0.15, 0.2) is 0 Å². The lowest BCUT2D eigenvalue weighted by atomic mass is 10.1. The molecule has 6 heteroatoms. The lowest BCUT2D eigenvalue weighted by Crippen LogP contribution is -2.40. The highest BCUT2D eigenvalue weighted by Gasteiger charge is 2.30. The first kappa shape index (κ1) is 15.3. The number of nitrogens with two attached hydrogens (primary N) is 1. The fourth-order valence-electron chi connectivity index (χ4n) is 2.29. The summed E-state index contributed by atoms with van der Waals surface area (Å²) in [6, 6.07) is 6.95. The minimum atomic E-state index is -0.197. The van der Waals surface area contributed by atoms with E-state index in [0.717, 1.165) is 6.42 Å². The van der Waals surface area contributed by atoms with Crippen molar-refractivity contribution in [2.75, 3.05) is 13.1 Å². The van der Waals surface area contributed by atoms with Crippen LogP contribution >= 0.6 is 0 Å². The predicted octanol–water partition coefficient (Wildman–Crippen LogP) is 0.606. The molecule has 1 aliphatic rings. The molecule has 1 aromatic carbocycles. The molecule has 1 amide bonds. The lowest BCUT2D eigenvalue weighted by Gasteiger charge is -2.14. The van der Waals surface area contributed by atoms with E-state index in [-0.39, 0.29) is 23.9 Å². The number of nitrogen functional groups attached to an aromatic ring is 1. The molecule has 5 N–H and O–H groups in total. The van der Waals surface area contributed by atoms with E-state index < -0.39 is 0 Å². The van der Waals surface area contributed by atoms with E-state index in [2.05, 4.69) is 10.6 Å². The van der Waals surface area contributed by atoms with Gasteiger partial charge in [-0.3, -0.25) is 10.2 Å². The van der Waals surface area contributed by atoms with Gasteiger partial charge in [-0.15, -0.1) is 0 Å². The van der Waals surface area contributed by atoms with Gasteiger partial charge in [0, 0.05) is 25.1 Å². The maximum absolute atomic E-state index is 11.9. The van der Waals surface area contributed by atoms with Gasteiger partial charge in [-0.05, 0) is 18.6 Å². The second kappa shape index (κ2) is 7.08. The summed E-state index contributed by atoms with van der Waals surface area (Å²) in [5.74, 6) is 0.714. The molecule has 6 nitrogen and oxygen atoms in total. The van der Waals surface area contributed by atoms with E-state index in [1.165, 1.54) is 0 Å². The van der Waals surface area contributed by atoms with Crippen LogP contribution in [0.25, 0.3) is 0 Å². The van der Waals surface area contributed by atoms with E-state index in [4.69, 9.17) is 15.9 Å². The molecule has 1 aliphatic heterocycles. The average molecular weight is 290 g/mol. The van der Waals surface area contributed by atoms with E-state index in [0.29, 0.717) is 30.8 Å². The fourth-order valence-corrected chi connectivity index (χ4v) is 2.29. The van der Waals surface area contributed by atoms with Gasteiger partial charge in [0.05, 0.1) is 6.04 Å². The standard InChI is InChI=1S/C15H22N4O2/c1-2-6-18-15(20)13-8-12(9-19-13)21-11-5-3-4-10(7-11)14(16)17/h3-5,7,12-13,19H,2,6,8-9H2,1H3,(H3,16,17)(H,18,20). The third-order valence-corrected chi connectivity index (χ3v) is 3.40. The highest BCUT2D eigenvalue weighted by Crippen LogP contribution is 2.18. The van der Waals surface area contributed by atoms with E-state index in [9.17, 15) is 4.79 Å². The first-order valence-corrected chi connectivity index (χ1v) is 7.22. The zero-order chi connectivity index (χ0) is 15.2. The monoisotopic (exact) mass is 290 g/mol. The highest BCUT2D eigenvalue weighted by molar-refractivity contribution is 5.95. The maximum atomic E-state index is 11.9. The first-order chi connectivity index (χ1) is 10.1. The second-order valence-electron chi connectivity index (χ2n) is 5.17. The zero-order valence-electron chi connectivity index (χ0n) is 12.2. The Bertz CT molecular complexity index is 518. The minimum Gasteiger partial charge on any atom is -0.489 e. The first-order valence-electron chi connectivity index (χ1n) is 7.22. The number of carbonyl (C=O) groups is 1. The van der Waals surface area contributed by atoms with Gasteiger partial charge in [-0.1, -0.05) is 19.1 Å². The smallest absolute Gasteiger partial charge is 0.237 e. The number of rotatable bonds is 6. The van der Waals surface area contributed by atoms with Gasteiger partial charge in [-0.2, -0.15) is 0 Å². The molecule has 0 radical (unpaired) electrons. The van der Waals surface area contributed by atoms with Gasteiger partial charge in [0.2, 0.25) is 5.91 Å². The summed E-state index contributed by atoms with van der Waals surface area (Å²) in [4.78, 5) is 11.9. The molecule has 2 atom stereocenters. The van der Waals surface area contributed by atoms with E-state index in [1.807, 2.05) is 13.0 Å². The van der Waals surface area contributed by atoms with Crippen molar-refractivity contribution >= 4 is 11.7 Å². The zero-order valence-corrected chi connectivity index (χ0v) is 12.2. The Labute approximate surface area is 124 Å². The summed E-state index contributed by atoms with van der Waals surface area (Å²) in [6.07, 6.45) is 1.51. The van der Waals surface area contributed by atoms with Gasteiger partial charge in [0.25, 0.3) is 0 Å². The number of carbonyl (C=O) groups excluding carboxylic acids is 1. The van der Waals surface area contributed by atoms with Crippen LogP contribution < -0.4 is 21.1 Å². The summed E-state index contributed by atoms with van der Waals surface area (Å²) in [5.41, 5.74) is 6.10. The lowest BCUT2D eigenvalue weighted by molar-refractivity contribution is -0.122. The topological polar surface area (TPSA) is 100 Å². The Morgan fingerprint density at radius 3 is 3.10 bits per heavy atom. The second-order valence-corrected chi connectivity index (χ2v) is 5.17. The van der Waals surface area contributed by atoms with Crippen molar-refractivity contribution in [2.24, 2.45) is 5.73 Å². The number of amidine groups is 1. The van der Waals surface area contributed by atoms with Crippen LogP contribution in [0.4, 0.5) is 0 Å². The summed E-state index contributed by atoms with van der Waals surface area (Å²) < 4.78 is 5.86. The van der Waals surface area contributed by atoms with Crippen LogP contribution in [0.3, 0.4) is 0 Å². The quantitative estimate of drug-likeness (QED) is 0.455. The normalized spacial score (nSPS) is 21.0. The average Bonchev–Trinajstić information content (AvgIpc) is 2.93. The van der Waals surface area contributed by atoms with Crippen molar-refractivity contribution < 1.29 is 9.53 Å². The molecule has 2 rings (SSSR count). The van der Waals surface area contributed by atoms with E-state index in [1.54, 1.807) is 18.2 Å². The molecule has 0 bridgehead atoms. The molecule has 1 saturated heterocycles. The van der Waals surface area contributed by atoms with Crippen molar-refractivity contribution in [1.82, 2.24) is 10.6 Å². The van der Waals surface area contributed by atoms with Crippen molar-refractivity contribution in [1.29, 1.82) is 5.41 Å². The van der Waals surface area contributed by atoms with Crippen LogP contribution in [0.2, 0.25) is 0 Å². The van der Waals surface area contributed by atoms with Gasteiger partial charge in [0.1, 0.15) is 17.7 Å². The van der Waals surface area contributed by atoms with Crippen molar-refractivity contribution in [2.45, 2.75) is 31.9 Å². The number of hydrogen-bond acceptors (Lipinski definition) is 4. The van der Waals surface area contributed by atoms with Crippen molar-refractivity contribution in [3.63, 3.8) is 0 Å². The summed E-state index contributed by atoms with van der Waals surface area (Å²) >= 11 is 0. The largest absolute Gasteiger partial charge is 0.489 e. The molecular formula is C15H22N4O2. The minimum absolute atomic E-state index is 0.0156. The maximum Gasteiger partial charge on any atom is 0.237 e. The molecule has 0 saturated carbocycles. The molecule has 2 unspecified atom stereocenters. The number of nitrogens with one attached hydrogen (secondary N) is 3. The number of benzene rings is 1. The molecule has 21 heavy (non-hydrogen) atoms. The Balaban J connectivity index is 1.89. The SMILES string of the molecule is CCCNC(=O)C1CC(Oc2cccc(C(=N)N)c2)CN1. The number of hydrogen-bond donors (Lipinski definition) is 4. The molecular weight excluding hydrogens is 268 g/mol. The van der Waals surface area contributed by atoms with Gasteiger partial charge in [-0.25, -0.2) is 0 Å². The Kier molecular flexibility index (Phi) is 5.16. The van der Waals surface area contributed by atoms with Gasteiger partial charge >= 0.3 is 0 Å². The molecule has 0 aliphatic carbocycles. The van der Waals surface area contributed by atoms with Crippen LogP contribution in [0.5, 0.6) is 5.75 Å². The molecule has 1 aromatic rings. The van der Waals surface area contributed by atoms with Crippen LogP contribution in [-0.4, -0.2) is 37.0 Å². The Hall–Kier alpha value is -2.08. The van der Waals surface area contributed by atoms with Crippen LogP contribution in [-0.2, 0) is 4.79 Å². The number of ether oxygens (including phenoxy) is 1. The molecule has 1 heterocycles. The Morgan fingerprint density at radius 1 is 1.57 bits per heavy atom. The van der Waals surface area contributed by atoms with Crippen LogP contribution in [0.1, 0.15) is 25.3 Å². The number of amides is 1. The molecule has 114 valence electrons.